The summed E-state index contributed by atoms with van der Waals surface area (Å²) in [5, 5.41) is 25.1. The number of ether oxygens (including phenoxy) is 5. The molecule has 1 saturated heterocycles. The maximum absolute atomic E-state index is 13.3. The molecule has 5 rings (SSSR count). The van der Waals surface area contributed by atoms with E-state index in [1.807, 2.05) is 12.1 Å². The Labute approximate surface area is 224 Å². The number of anilines is 1. The zero-order valence-electron chi connectivity index (χ0n) is 21.8. The van der Waals surface area contributed by atoms with Crippen LogP contribution in [-0.4, -0.2) is 51.0 Å². The average Bonchev–Trinajstić information content (AvgIpc) is 3.33. The minimum Gasteiger partial charge on any atom is -0.502 e. The topological polar surface area (TPSA) is 139 Å². The number of fused-ring (bicyclic) bond motifs is 2. The second-order valence-electron chi connectivity index (χ2n) is 9.33. The van der Waals surface area contributed by atoms with Crippen molar-refractivity contribution in [3.05, 3.63) is 75.3 Å². The number of phenols is 1. The predicted molar refractivity (Wildman–Crippen MR) is 140 cm³/mol. The molecular formula is C28H28N2O9. The number of nitro benzene ring substituents is 1. The van der Waals surface area contributed by atoms with Crippen LogP contribution < -0.4 is 24.3 Å². The zero-order chi connectivity index (χ0) is 27.8. The van der Waals surface area contributed by atoms with E-state index in [1.54, 1.807) is 31.4 Å². The van der Waals surface area contributed by atoms with Crippen LogP contribution in [0.3, 0.4) is 0 Å². The van der Waals surface area contributed by atoms with Crippen LogP contribution in [0.5, 0.6) is 28.7 Å². The highest BCUT2D eigenvalue weighted by molar-refractivity contribution is 5.79. The Bertz CT molecular complexity index is 1400. The molecule has 0 aromatic heterocycles. The Morgan fingerprint density at radius 1 is 0.897 bits per heavy atom. The molecule has 2 aliphatic rings. The fourth-order valence-corrected chi connectivity index (χ4v) is 5.64. The van der Waals surface area contributed by atoms with Crippen LogP contribution in [-0.2, 0) is 9.53 Å². The number of carbonyl (C=O) groups excluding carboxylic acids is 1. The number of cyclic esters (lactones) is 1. The van der Waals surface area contributed by atoms with Crippen LogP contribution in [0.4, 0.5) is 11.4 Å². The van der Waals surface area contributed by atoms with Crippen molar-refractivity contribution in [2.45, 2.75) is 12.0 Å². The van der Waals surface area contributed by atoms with E-state index in [2.05, 4.69) is 5.32 Å². The number of hydrogen-bond acceptors (Lipinski definition) is 10. The van der Waals surface area contributed by atoms with E-state index >= 15 is 0 Å². The van der Waals surface area contributed by atoms with Crippen molar-refractivity contribution in [1.82, 2.24) is 0 Å². The third kappa shape index (κ3) is 4.39. The largest absolute Gasteiger partial charge is 0.502 e. The summed E-state index contributed by atoms with van der Waals surface area (Å²) in [7, 11) is 5.97. The van der Waals surface area contributed by atoms with Crippen molar-refractivity contribution in [2.24, 2.45) is 11.8 Å². The van der Waals surface area contributed by atoms with Gasteiger partial charge in [-0.15, -0.1) is 0 Å². The van der Waals surface area contributed by atoms with Gasteiger partial charge in [-0.1, -0.05) is 0 Å². The maximum atomic E-state index is 13.3. The maximum Gasteiger partial charge on any atom is 0.310 e. The monoisotopic (exact) mass is 536 g/mol. The highest BCUT2D eigenvalue weighted by Gasteiger charge is 2.52. The standard InChI is InChI=1S/C28H28N2O9/c1-35-20-11-17-18(12-21(20)36-2)26(29-15-5-7-16(8-6-15)30(33)34)19-13-39-28(32)25(19)24(17)14-9-22(37-3)27(31)23(10-14)38-4/h5-12,19,24-26,29,31H,13H2,1-4H3. The van der Waals surface area contributed by atoms with E-state index in [-0.39, 0.29) is 41.4 Å². The first-order valence-corrected chi connectivity index (χ1v) is 12.2. The van der Waals surface area contributed by atoms with Gasteiger partial charge in [-0.2, -0.15) is 0 Å². The van der Waals surface area contributed by atoms with Crippen molar-refractivity contribution < 1.29 is 38.5 Å². The van der Waals surface area contributed by atoms with Gasteiger partial charge in [0, 0.05) is 29.7 Å². The Kier molecular flexibility index (Phi) is 6.81. The molecule has 3 aromatic carbocycles. The Morgan fingerprint density at radius 3 is 2.00 bits per heavy atom. The summed E-state index contributed by atoms with van der Waals surface area (Å²) in [5.41, 5.74) is 2.96. The number of nitrogens with zero attached hydrogens (tertiary/aromatic N) is 1. The third-order valence-corrected chi connectivity index (χ3v) is 7.46. The first kappa shape index (κ1) is 26.0. The molecule has 4 unspecified atom stereocenters. The lowest BCUT2D eigenvalue weighted by atomic mass is 9.65. The highest BCUT2D eigenvalue weighted by atomic mass is 16.6. The average molecular weight is 537 g/mol. The molecule has 11 nitrogen and oxygen atoms in total. The van der Waals surface area contributed by atoms with Gasteiger partial charge in [0.25, 0.3) is 5.69 Å². The number of aromatic hydroxyl groups is 1. The van der Waals surface area contributed by atoms with Gasteiger partial charge in [0.05, 0.1) is 51.9 Å². The summed E-state index contributed by atoms with van der Waals surface area (Å²) in [6.07, 6.45) is 0. The molecule has 0 bridgehead atoms. The van der Waals surface area contributed by atoms with Crippen molar-refractivity contribution in [1.29, 1.82) is 0 Å². The summed E-state index contributed by atoms with van der Waals surface area (Å²) < 4.78 is 27.6. The number of benzene rings is 3. The Morgan fingerprint density at radius 2 is 1.46 bits per heavy atom. The van der Waals surface area contributed by atoms with Gasteiger partial charge in [0.1, 0.15) is 0 Å². The molecule has 1 aliphatic heterocycles. The molecule has 39 heavy (non-hydrogen) atoms. The summed E-state index contributed by atoms with van der Waals surface area (Å²) in [4.78, 5) is 24.0. The SMILES string of the molecule is COc1cc2c(cc1OC)C(c1cc(OC)c(O)c(OC)c1)C1C(=O)OCC1C2Nc1ccc([N+](=O)[O-])cc1. The summed E-state index contributed by atoms with van der Waals surface area (Å²) in [5.74, 6) is -0.464. The molecule has 1 aliphatic carbocycles. The van der Waals surface area contributed by atoms with Gasteiger partial charge < -0.3 is 34.1 Å². The van der Waals surface area contributed by atoms with Crippen LogP contribution >= 0.6 is 0 Å². The normalized spacial score (nSPS) is 21.3. The number of non-ortho nitro benzene ring substituents is 1. The molecular weight excluding hydrogens is 508 g/mol. The van der Waals surface area contributed by atoms with E-state index < -0.39 is 22.8 Å². The van der Waals surface area contributed by atoms with Crippen LogP contribution in [0, 0.1) is 22.0 Å². The quantitative estimate of drug-likeness (QED) is 0.242. The van der Waals surface area contributed by atoms with Crippen LogP contribution in [0.25, 0.3) is 0 Å². The number of hydrogen-bond donors (Lipinski definition) is 2. The molecule has 204 valence electrons. The Balaban J connectivity index is 1.71. The zero-order valence-corrected chi connectivity index (χ0v) is 21.8. The van der Waals surface area contributed by atoms with Crippen molar-refractivity contribution >= 4 is 17.3 Å². The van der Waals surface area contributed by atoms with Crippen molar-refractivity contribution in [3.8, 4) is 28.7 Å². The number of nitrogens with one attached hydrogen (secondary N) is 1. The molecule has 1 fully saturated rings. The number of phenolic OH excluding ortho intramolecular Hbond substituents is 1. The first-order chi connectivity index (χ1) is 18.8. The number of esters is 1. The van der Waals surface area contributed by atoms with Crippen LogP contribution in [0.2, 0.25) is 0 Å². The lowest BCUT2D eigenvalue weighted by molar-refractivity contribution is -0.384. The smallest absolute Gasteiger partial charge is 0.310 e. The van der Waals surface area contributed by atoms with Gasteiger partial charge >= 0.3 is 5.97 Å². The van der Waals surface area contributed by atoms with Gasteiger partial charge in [-0.05, 0) is 53.1 Å². The molecule has 1 heterocycles. The fraction of sp³-hybridized carbons (Fsp3) is 0.321. The fourth-order valence-electron chi connectivity index (χ4n) is 5.64. The van der Waals surface area contributed by atoms with Gasteiger partial charge in [-0.25, -0.2) is 0 Å². The molecule has 2 N–H and O–H groups in total. The molecule has 0 saturated carbocycles. The number of carbonyl (C=O) groups is 1. The molecule has 0 amide bonds. The second kappa shape index (κ2) is 10.2. The molecule has 0 spiro atoms. The van der Waals surface area contributed by atoms with Crippen LogP contribution in [0.1, 0.15) is 28.7 Å². The summed E-state index contributed by atoms with van der Waals surface area (Å²) in [6, 6.07) is 12.8. The molecule has 4 atom stereocenters. The first-order valence-electron chi connectivity index (χ1n) is 12.2. The van der Waals surface area contributed by atoms with Gasteiger partial charge in [0.2, 0.25) is 5.75 Å². The Hall–Kier alpha value is -4.67. The molecule has 3 aromatic rings. The van der Waals surface area contributed by atoms with Crippen molar-refractivity contribution in [3.63, 3.8) is 0 Å². The summed E-state index contributed by atoms with van der Waals surface area (Å²) >= 11 is 0. The predicted octanol–water partition coefficient (Wildman–Crippen LogP) is 4.42. The minimum atomic E-state index is -0.592. The molecule has 11 heteroatoms. The van der Waals surface area contributed by atoms with E-state index in [0.29, 0.717) is 22.7 Å². The van der Waals surface area contributed by atoms with Crippen molar-refractivity contribution in [2.75, 3.05) is 40.4 Å². The number of nitro groups is 1. The van der Waals surface area contributed by atoms with Gasteiger partial charge in [-0.3, -0.25) is 14.9 Å². The molecule has 0 radical (unpaired) electrons. The minimum absolute atomic E-state index is 0.0245. The van der Waals surface area contributed by atoms with E-state index in [1.165, 1.54) is 33.5 Å². The lowest BCUT2D eigenvalue weighted by Crippen LogP contribution is -2.37. The van der Waals surface area contributed by atoms with Gasteiger partial charge in [0.15, 0.2) is 23.0 Å². The van der Waals surface area contributed by atoms with Crippen LogP contribution in [0.15, 0.2) is 48.5 Å². The second-order valence-corrected chi connectivity index (χ2v) is 9.33. The number of rotatable bonds is 8. The lowest BCUT2D eigenvalue weighted by Gasteiger charge is -2.40. The summed E-state index contributed by atoms with van der Waals surface area (Å²) in [6.45, 7) is 0.171. The van der Waals surface area contributed by atoms with E-state index in [4.69, 9.17) is 23.7 Å². The number of methoxy groups -OCH3 is 4. The highest BCUT2D eigenvalue weighted by Crippen LogP contribution is 2.55. The third-order valence-electron chi connectivity index (χ3n) is 7.46. The van der Waals surface area contributed by atoms with E-state index in [0.717, 1.165) is 11.1 Å². The van der Waals surface area contributed by atoms with E-state index in [9.17, 15) is 20.0 Å².